The minimum absolute atomic E-state index is 0.110. The third-order valence-electron chi connectivity index (χ3n) is 4.87. The second-order valence-electron chi connectivity index (χ2n) is 7.33. The molecule has 0 saturated heterocycles. The number of para-hydroxylation sites is 1. The predicted octanol–water partition coefficient (Wildman–Crippen LogP) is 5.87. The molecule has 154 valence electrons. The molecular weight excluding hydrogens is 407 g/mol. The van der Waals surface area contributed by atoms with Gasteiger partial charge in [-0.05, 0) is 29.5 Å². The predicted molar refractivity (Wildman–Crippen MR) is 101 cm³/mol. The van der Waals surface area contributed by atoms with Gasteiger partial charge >= 0.3 is 12.1 Å². The molecular formula is C21H19ClF3NO3. The molecule has 8 heteroatoms. The number of allylic oxidation sites excluding steroid dienone is 2. The van der Waals surface area contributed by atoms with Gasteiger partial charge in [0.25, 0.3) is 0 Å². The summed E-state index contributed by atoms with van der Waals surface area (Å²) in [7, 11) is 0. The van der Waals surface area contributed by atoms with Gasteiger partial charge in [-0.25, -0.2) is 4.98 Å². The summed E-state index contributed by atoms with van der Waals surface area (Å²) < 4.78 is 48.8. The van der Waals surface area contributed by atoms with Gasteiger partial charge in [-0.1, -0.05) is 55.8 Å². The number of halogens is 4. The summed E-state index contributed by atoms with van der Waals surface area (Å²) in [5, 5.41) is -1.22. The number of nitrogens with zero attached hydrogens (tertiary/aromatic N) is 1. The first-order valence-electron chi connectivity index (χ1n) is 8.89. The van der Waals surface area contributed by atoms with Crippen LogP contribution in [-0.2, 0) is 16.1 Å². The van der Waals surface area contributed by atoms with Crippen molar-refractivity contribution in [2.24, 2.45) is 17.3 Å². The molecule has 4 nitrogen and oxygen atoms in total. The number of carbonyl (C=O) groups excluding carboxylic acids is 1. The zero-order chi connectivity index (χ0) is 21.2. The number of hydrogen-bond donors (Lipinski definition) is 0. The van der Waals surface area contributed by atoms with Gasteiger partial charge in [0.2, 0.25) is 5.88 Å². The van der Waals surface area contributed by atoms with Gasteiger partial charge in [-0.15, -0.1) is 0 Å². The fraction of sp³-hybridized carbons (Fsp3) is 0.333. The van der Waals surface area contributed by atoms with E-state index in [4.69, 9.17) is 21.1 Å². The smallest absolute Gasteiger partial charge is 0.426 e. The van der Waals surface area contributed by atoms with Crippen LogP contribution in [0.25, 0.3) is 0 Å². The lowest BCUT2D eigenvalue weighted by atomic mass is 10.1. The molecule has 1 saturated carbocycles. The zero-order valence-corrected chi connectivity index (χ0v) is 16.5. The highest BCUT2D eigenvalue weighted by atomic mass is 35.5. The van der Waals surface area contributed by atoms with E-state index in [0.717, 1.165) is 6.08 Å². The van der Waals surface area contributed by atoms with E-state index >= 15 is 0 Å². The number of pyridine rings is 1. The van der Waals surface area contributed by atoms with Crippen LogP contribution in [0.3, 0.4) is 0 Å². The maximum absolute atomic E-state index is 12.6. The molecule has 0 radical (unpaired) electrons. The molecule has 1 fully saturated rings. The molecule has 1 aliphatic rings. The van der Waals surface area contributed by atoms with Crippen LogP contribution in [0.15, 0.2) is 59.6 Å². The maximum atomic E-state index is 12.6. The van der Waals surface area contributed by atoms with Gasteiger partial charge in [-0.2, -0.15) is 13.2 Å². The molecule has 1 heterocycles. The standard InChI is InChI=1S/C21H19ClF3NO3/c1-20(2)15(11-16(22)21(23,24)25)18(20)19(27)28-12-13-7-6-10-17(26-13)29-14-8-4-3-5-9-14/h3-11,15,18H,12H2,1-2H3/b16-11-/t15-,18-/m1/s1. The highest BCUT2D eigenvalue weighted by molar-refractivity contribution is 6.30. The van der Waals surface area contributed by atoms with Crippen molar-refractivity contribution in [1.29, 1.82) is 0 Å². The largest absolute Gasteiger partial charge is 0.459 e. The average molecular weight is 426 g/mol. The molecule has 0 N–H and O–H groups in total. The summed E-state index contributed by atoms with van der Waals surface area (Å²) in [4.78, 5) is 16.7. The van der Waals surface area contributed by atoms with Gasteiger partial charge in [0.15, 0.2) is 0 Å². The summed E-state index contributed by atoms with van der Waals surface area (Å²) in [5.74, 6) is -0.953. The van der Waals surface area contributed by atoms with Crippen molar-refractivity contribution >= 4 is 17.6 Å². The Morgan fingerprint density at radius 3 is 2.52 bits per heavy atom. The van der Waals surface area contributed by atoms with Crippen molar-refractivity contribution in [3.63, 3.8) is 0 Å². The number of hydrogen-bond acceptors (Lipinski definition) is 4. The van der Waals surface area contributed by atoms with Gasteiger partial charge < -0.3 is 9.47 Å². The number of esters is 1. The lowest BCUT2D eigenvalue weighted by Crippen LogP contribution is -2.11. The Morgan fingerprint density at radius 1 is 1.17 bits per heavy atom. The highest BCUT2D eigenvalue weighted by Gasteiger charge is 2.62. The Balaban J connectivity index is 1.60. The zero-order valence-electron chi connectivity index (χ0n) is 15.7. The Morgan fingerprint density at radius 2 is 1.86 bits per heavy atom. The molecule has 0 unspecified atom stereocenters. The van der Waals surface area contributed by atoms with Crippen molar-refractivity contribution in [3.8, 4) is 11.6 Å². The molecule has 29 heavy (non-hydrogen) atoms. The van der Waals surface area contributed by atoms with Gasteiger partial charge in [0.1, 0.15) is 17.4 Å². The summed E-state index contributed by atoms with van der Waals surface area (Å²) >= 11 is 5.31. The van der Waals surface area contributed by atoms with Crippen LogP contribution >= 0.6 is 11.6 Å². The summed E-state index contributed by atoms with van der Waals surface area (Å²) in [6.07, 6.45) is -3.74. The first kappa shape index (κ1) is 21.2. The van der Waals surface area contributed by atoms with E-state index in [1.807, 2.05) is 18.2 Å². The fourth-order valence-corrected chi connectivity index (χ4v) is 3.27. The minimum atomic E-state index is -4.63. The van der Waals surface area contributed by atoms with E-state index < -0.39 is 34.4 Å². The quantitative estimate of drug-likeness (QED) is 0.543. The first-order chi connectivity index (χ1) is 13.6. The number of alkyl halides is 3. The van der Waals surface area contributed by atoms with Crippen LogP contribution in [0.5, 0.6) is 11.6 Å². The Kier molecular flexibility index (Phi) is 5.89. The molecule has 1 aromatic carbocycles. The number of ether oxygens (including phenoxy) is 2. The molecule has 1 aliphatic carbocycles. The lowest BCUT2D eigenvalue weighted by molar-refractivity contribution is -0.147. The van der Waals surface area contributed by atoms with Gasteiger partial charge in [0.05, 0.1) is 11.6 Å². The first-order valence-corrected chi connectivity index (χ1v) is 9.27. The van der Waals surface area contributed by atoms with Crippen molar-refractivity contribution in [2.45, 2.75) is 26.6 Å². The van der Waals surface area contributed by atoms with E-state index in [1.54, 1.807) is 44.2 Å². The molecule has 2 atom stereocenters. The highest BCUT2D eigenvalue weighted by Crippen LogP contribution is 2.60. The lowest BCUT2D eigenvalue weighted by Gasteiger charge is -2.08. The van der Waals surface area contributed by atoms with Crippen LogP contribution in [-0.4, -0.2) is 17.1 Å². The monoisotopic (exact) mass is 425 g/mol. The Hall–Kier alpha value is -2.54. The van der Waals surface area contributed by atoms with E-state index in [2.05, 4.69) is 4.98 Å². The Bertz CT molecular complexity index is 913. The van der Waals surface area contributed by atoms with Crippen LogP contribution in [0, 0.1) is 17.3 Å². The van der Waals surface area contributed by atoms with Crippen LogP contribution in [0.1, 0.15) is 19.5 Å². The molecule has 0 bridgehead atoms. The third kappa shape index (κ3) is 5.09. The average Bonchev–Trinajstić information content (AvgIpc) is 3.20. The van der Waals surface area contributed by atoms with E-state index in [9.17, 15) is 18.0 Å². The van der Waals surface area contributed by atoms with Crippen LogP contribution in [0.4, 0.5) is 13.2 Å². The summed E-state index contributed by atoms with van der Waals surface area (Å²) in [6.45, 7) is 3.29. The van der Waals surface area contributed by atoms with Crippen molar-refractivity contribution in [2.75, 3.05) is 0 Å². The molecule has 0 aliphatic heterocycles. The third-order valence-corrected chi connectivity index (χ3v) is 5.21. The van der Waals surface area contributed by atoms with E-state index in [-0.39, 0.29) is 6.61 Å². The van der Waals surface area contributed by atoms with Crippen molar-refractivity contribution in [3.05, 3.63) is 65.3 Å². The second-order valence-corrected chi connectivity index (χ2v) is 7.73. The Labute approximate surface area is 171 Å². The number of carbonyl (C=O) groups is 1. The SMILES string of the molecule is CC1(C)[C@H](/C=C(\Cl)C(F)(F)F)[C@@H]1C(=O)OCc1cccc(Oc2ccccc2)n1. The molecule has 0 amide bonds. The number of aromatic nitrogens is 1. The number of rotatable bonds is 6. The maximum Gasteiger partial charge on any atom is 0.426 e. The molecule has 3 rings (SSSR count). The normalized spacial score (nSPS) is 20.8. The topological polar surface area (TPSA) is 48.4 Å². The summed E-state index contributed by atoms with van der Waals surface area (Å²) in [6, 6.07) is 14.1. The van der Waals surface area contributed by atoms with Crippen molar-refractivity contribution < 1.29 is 27.4 Å². The van der Waals surface area contributed by atoms with Gasteiger partial charge in [0, 0.05) is 6.07 Å². The molecule has 0 spiro atoms. The van der Waals surface area contributed by atoms with Crippen LogP contribution < -0.4 is 4.74 Å². The van der Waals surface area contributed by atoms with Crippen LogP contribution in [0.2, 0.25) is 0 Å². The molecule has 2 aromatic rings. The second kappa shape index (κ2) is 8.06. The minimum Gasteiger partial charge on any atom is -0.459 e. The number of benzene rings is 1. The van der Waals surface area contributed by atoms with E-state index in [1.165, 1.54) is 0 Å². The fourth-order valence-electron chi connectivity index (χ4n) is 3.13. The molecule has 1 aromatic heterocycles. The summed E-state index contributed by atoms with van der Waals surface area (Å²) in [5.41, 5.74) is -0.195. The van der Waals surface area contributed by atoms with E-state index in [0.29, 0.717) is 17.3 Å². The van der Waals surface area contributed by atoms with Gasteiger partial charge in [-0.3, -0.25) is 4.79 Å². The van der Waals surface area contributed by atoms with Crippen molar-refractivity contribution in [1.82, 2.24) is 4.98 Å².